The van der Waals surface area contributed by atoms with E-state index >= 15 is 0 Å². The molecule has 2 heterocycles. The molecule has 0 unspecified atom stereocenters. The van der Waals surface area contributed by atoms with Gasteiger partial charge in [0.2, 0.25) is 0 Å². The maximum atomic E-state index is 4.62. The SMILES string of the molecule is CNCCCc1nc(C)cc(-c2cccs2)n1. The molecule has 1 N–H and O–H groups in total. The predicted molar refractivity (Wildman–Crippen MR) is 72.3 cm³/mol. The Kier molecular flexibility index (Phi) is 4.23. The maximum Gasteiger partial charge on any atom is 0.129 e. The molecule has 0 saturated heterocycles. The molecule has 0 bridgehead atoms. The van der Waals surface area contributed by atoms with E-state index in [1.54, 1.807) is 11.3 Å². The van der Waals surface area contributed by atoms with Crippen LogP contribution in [0.3, 0.4) is 0 Å². The van der Waals surface area contributed by atoms with Gasteiger partial charge < -0.3 is 5.32 Å². The van der Waals surface area contributed by atoms with E-state index in [2.05, 4.69) is 32.8 Å². The van der Waals surface area contributed by atoms with Crippen LogP contribution in [0.4, 0.5) is 0 Å². The highest BCUT2D eigenvalue weighted by atomic mass is 32.1. The summed E-state index contributed by atoms with van der Waals surface area (Å²) in [6.07, 6.45) is 2.00. The Labute approximate surface area is 106 Å². The zero-order valence-electron chi connectivity index (χ0n) is 10.2. The Bertz CT molecular complexity index is 466. The summed E-state index contributed by atoms with van der Waals surface area (Å²) < 4.78 is 0. The molecule has 2 rings (SSSR count). The van der Waals surface area contributed by atoms with E-state index < -0.39 is 0 Å². The van der Waals surface area contributed by atoms with Crippen molar-refractivity contribution in [3.63, 3.8) is 0 Å². The number of nitrogens with one attached hydrogen (secondary N) is 1. The standard InChI is InChI=1S/C13H17N3S/c1-10-9-11(12-5-4-8-17-12)16-13(15-10)6-3-7-14-2/h4-5,8-9,14H,3,6-7H2,1-2H3. The summed E-state index contributed by atoms with van der Waals surface area (Å²) in [5.74, 6) is 0.948. The first kappa shape index (κ1) is 12.2. The van der Waals surface area contributed by atoms with Gasteiger partial charge in [-0.2, -0.15) is 0 Å². The van der Waals surface area contributed by atoms with Crippen LogP contribution in [0.1, 0.15) is 17.9 Å². The zero-order chi connectivity index (χ0) is 12.1. The van der Waals surface area contributed by atoms with E-state index in [-0.39, 0.29) is 0 Å². The molecule has 0 aromatic carbocycles. The minimum absolute atomic E-state index is 0.931. The first-order chi connectivity index (χ1) is 8.29. The Morgan fingerprint density at radius 2 is 2.24 bits per heavy atom. The van der Waals surface area contributed by atoms with Gasteiger partial charge in [-0.3, -0.25) is 0 Å². The summed E-state index contributed by atoms with van der Waals surface area (Å²) in [5, 5.41) is 5.22. The van der Waals surface area contributed by atoms with Crippen LogP contribution in [0, 0.1) is 6.92 Å². The van der Waals surface area contributed by atoms with Gasteiger partial charge in [-0.1, -0.05) is 6.07 Å². The topological polar surface area (TPSA) is 37.8 Å². The van der Waals surface area contributed by atoms with Gasteiger partial charge in [0, 0.05) is 12.1 Å². The number of hydrogen-bond acceptors (Lipinski definition) is 4. The molecule has 0 aliphatic rings. The third kappa shape index (κ3) is 3.35. The molecule has 2 aromatic heterocycles. The first-order valence-electron chi connectivity index (χ1n) is 5.82. The number of hydrogen-bond donors (Lipinski definition) is 1. The molecule has 0 aliphatic heterocycles. The number of aromatic nitrogens is 2. The van der Waals surface area contributed by atoms with E-state index in [4.69, 9.17) is 0 Å². The average Bonchev–Trinajstić information content (AvgIpc) is 2.82. The summed E-state index contributed by atoms with van der Waals surface area (Å²) in [6, 6.07) is 6.20. The van der Waals surface area contributed by atoms with Crippen LogP contribution in [0.5, 0.6) is 0 Å². The second-order valence-electron chi connectivity index (χ2n) is 4.00. The van der Waals surface area contributed by atoms with Crippen molar-refractivity contribution in [2.75, 3.05) is 13.6 Å². The quantitative estimate of drug-likeness (QED) is 0.825. The molecule has 0 aliphatic carbocycles. The van der Waals surface area contributed by atoms with Gasteiger partial charge >= 0.3 is 0 Å². The van der Waals surface area contributed by atoms with Gasteiger partial charge in [0.1, 0.15) is 5.82 Å². The smallest absolute Gasteiger partial charge is 0.129 e. The molecule has 0 fully saturated rings. The number of rotatable bonds is 5. The van der Waals surface area contributed by atoms with Crippen molar-refractivity contribution in [1.82, 2.24) is 15.3 Å². The predicted octanol–water partition coefficient (Wildman–Crippen LogP) is 2.67. The molecular formula is C13H17N3S. The molecule has 3 nitrogen and oxygen atoms in total. The van der Waals surface area contributed by atoms with Crippen molar-refractivity contribution >= 4 is 11.3 Å². The number of thiophene rings is 1. The monoisotopic (exact) mass is 247 g/mol. The molecule has 0 amide bonds. The normalized spacial score (nSPS) is 10.7. The molecule has 0 spiro atoms. The van der Waals surface area contributed by atoms with E-state index in [1.807, 2.05) is 20.0 Å². The first-order valence-corrected chi connectivity index (χ1v) is 6.70. The molecular weight excluding hydrogens is 230 g/mol. The molecule has 0 atom stereocenters. The Morgan fingerprint density at radius 3 is 2.94 bits per heavy atom. The summed E-state index contributed by atoms with van der Waals surface area (Å²) in [7, 11) is 1.97. The summed E-state index contributed by atoms with van der Waals surface area (Å²) in [6.45, 7) is 3.03. The van der Waals surface area contributed by atoms with Crippen molar-refractivity contribution < 1.29 is 0 Å². The molecule has 17 heavy (non-hydrogen) atoms. The van der Waals surface area contributed by atoms with Crippen molar-refractivity contribution in [1.29, 1.82) is 0 Å². The van der Waals surface area contributed by atoms with Crippen molar-refractivity contribution in [3.8, 4) is 10.6 Å². The Balaban J connectivity index is 2.18. The van der Waals surface area contributed by atoms with Gasteiger partial charge in [-0.25, -0.2) is 9.97 Å². The third-order valence-corrected chi connectivity index (χ3v) is 3.39. The van der Waals surface area contributed by atoms with Crippen LogP contribution >= 0.6 is 11.3 Å². The van der Waals surface area contributed by atoms with Gasteiger partial charge in [0.25, 0.3) is 0 Å². The van der Waals surface area contributed by atoms with Crippen molar-refractivity contribution in [2.24, 2.45) is 0 Å². The van der Waals surface area contributed by atoms with E-state index in [0.29, 0.717) is 0 Å². The molecule has 90 valence electrons. The molecule has 0 saturated carbocycles. The molecule has 0 radical (unpaired) electrons. The fourth-order valence-electron chi connectivity index (χ4n) is 1.72. The van der Waals surface area contributed by atoms with Crippen LogP contribution in [0.25, 0.3) is 10.6 Å². The Hall–Kier alpha value is -1.26. The minimum atomic E-state index is 0.931. The summed E-state index contributed by atoms with van der Waals surface area (Å²) in [4.78, 5) is 10.3. The van der Waals surface area contributed by atoms with Crippen molar-refractivity contribution in [2.45, 2.75) is 19.8 Å². The van der Waals surface area contributed by atoms with E-state index in [1.165, 1.54) is 4.88 Å². The third-order valence-electron chi connectivity index (χ3n) is 2.50. The van der Waals surface area contributed by atoms with E-state index in [0.717, 1.165) is 36.6 Å². The van der Waals surface area contributed by atoms with Crippen LogP contribution in [0.15, 0.2) is 23.6 Å². The largest absolute Gasteiger partial charge is 0.320 e. The fourth-order valence-corrected chi connectivity index (χ4v) is 2.40. The van der Waals surface area contributed by atoms with Gasteiger partial charge in [-0.05, 0) is 44.4 Å². The lowest BCUT2D eigenvalue weighted by molar-refractivity contribution is 0.701. The van der Waals surface area contributed by atoms with Gasteiger partial charge in [0.15, 0.2) is 0 Å². The highest BCUT2D eigenvalue weighted by Gasteiger charge is 2.05. The lowest BCUT2D eigenvalue weighted by Crippen LogP contribution is -2.09. The highest BCUT2D eigenvalue weighted by molar-refractivity contribution is 7.13. The molecule has 4 heteroatoms. The lowest BCUT2D eigenvalue weighted by Gasteiger charge is -2.04. The van der Waals surface area contributed by atoms with Crippen LogP contribution in [-0.4, -0.2) is 23.6 Å². The lowest BCUT2D eigenvalue weighted by atomic mass is 10.2. The second-order valence-corrected chi connectivity index (χ2v) is 4.94. The fraction of sp³-hybridized carbons (Fsp3) is 0.385. The van der Waals surface area contributed by atoms with Gasteiger partial charge in [-0.15, -0.1) is 11.3 Å². The summed E-state index contributed by atoms with van der Waals surface area (Å²) in [5.41, 5.74) is 2.09. The van der Waals surface area contributed by atoms with Crippen LogP contribution in [-0.2, 0) is 6.42 Å². The highest BCUT2D eigenvalue weighted by Crippen LogP contribution is 2.23. The average molecular weight is 247 g/mol. The van der Waals surface area contributed by atoms with E-state index in [9.17, 15) is 0 Å². The number of nitrogens with zero attached hydrogens (tertiary/aromatic N) is 2. The van der Waals surface area contributed by atoms with Crippen LogP contribution in [0.2, 0.25) is 0 Å². The van der Waals surface area contributed by atoms with Crippen LogP contribution < -0.4 is 5.32 Å². The zero-order valence-corrected chi connectivity index (χ0v) is 11.0. The summed E-state index contributed by atoms with van der Waals surface area (Å²) >= 11 is 1.72. The second kappa shape index (κ2) is 5.89. The number of aryl methyl sites for hydroxylation is 2. The minimum Gasteiger partial charge on any atom is -0.320 e. The Morgan fingerprint density at radius 1 is 1.35 bits per heavy atom. The molecule has 2 aromatic rings. The van der Waals surface area contributed by atoms with Crippen molar-refractivity contribution in [3.05, 3.63) is 35.1 Å². The van der Waals surface area contributed by atoms with Gasteiger partial charge in [0.05, 0.1) is 10.6 Å². The maximum absolute atomic E-state index is 4.62.